The second kappa shape index (κ2) is 9.27. The summed E-state index contributed by atoms with van der Waals surface area (Å²) in [7, 11) is 0. The summed E-state index contributed by atoms with van der Waals surface area (Å²) in [5.41, 5.74) is 6.98. The molecule has 6 heteroatoms. The average molecular weight is 322 g/mol. The number of aliphatic hydroxyl groups is 1. The second-order valence-electron chi connectivity index (χ2n) is 6.09. The number of rotatable bonds is 9. The molecule has 1 amide bonds. The molecule has 0 heterocycles. The lowest BCUT2D eigenvalue weighted by Crippen LogP contribution is -2.45. The van der Waals surface area contributed by atoms with Crippen LogP contribution in [0.5, 0.6) is 0 Å². The molecule has 128 valence electrons. The molecule has 0 saturated heterocycles. The largest absolute Gasteiger partial charge is 0.480 e. The van der Waals surface area contributed by atoms with Crippen molar-refractivity contribution in [1.29, 1.82) is 0 Å². The van der Waals surface area contributed by atoms with Gasteiger partial charge in [0.2, 0.25) is 5.91 Å². The topological polar surface area (TPSA) is 113 Å². The van der Waals surface area contributed by atoms with Gasteiger partial charge >= 0.3 is 5.97 Å². The van der Waals surface area contributed by atoms with Crippen LogP contribution in [0.15, 0.2) is 30.3 Å². The molecule has 23 heavy (non-hydrogen) atoms. The van der Waals surface area contributed by atoms with Crippen LogP contribution in [0, 0.1) is 5.92 Å². The zero-order chi connectivity index (χ0) is 17.4. The zero-order valence-corrected chi connectivity index (χ0v) is 13.6. The number of aliphatic hydroxyl groups excluding tert-OH is 1. The number of carbonyl (C=O) groups excluding carboxylic acids is 1. The normalized spacial score (nSPS) is 15.0. The van der Waals surface area contributed by atoms with Crippen molar-refractivity contribution in [3.05, 3.63) is 35.9 Å². The van der Waals surface area contributed by atoms with Crippen LogP contribution >= 0.6 is 0 Å². The Balaban J connectivity index is 2.41. The third-order valence-corrected chi connectivity index (χ3v) is 3.72. The first-order valence-electron chi connectivity index (χ1n) is 7.81. The van der Waals surface area contributed by atoms with Gasteiger partial charge in [-0.1, -0.05) is 44.2 Å². The average Bonchev–Trinajstić information content (AvgIpc) is 2.50. The molecule has 0 aliphatic carbocycles. The highest BCUT2D eigenvalue weighted by atomic mass is 16.4. The highest BCUT2D eigenvalue weighted by molar-refractivity contribution is 5.83. The summed E-state index contributed by atoms with van der Waals surface area (Å²) in [4.78, 5) is 22.9. The Labute approximate surface area is 136 Å². The van der Waals surface area contributed by atoms with E-state index in [9.17, 15) is 14.7 Å². The molecule has 1 rings (SSSR count). The lowest BCUT2D eigenvalue weighted by Gasteiger charge is -2.20. The number of carbonyl (C=O) groups is 2. The van der Waals surface area contributed by atoms with Crippen LogP contribution in [0.25, 0.3) is 0 Å². The number of amides is 1. The Morgan fingerprint density at radius 3 is 2.35 bits per heavy atom. The Bertz CT molecular complexity index is 505. The van der Waals surface area contributed by atoms with E-state index < -0.39 is 30.1 Å². The third-order valence-electron chi connectivity index (χ3n) is 3.72. The molecule has 0 radical (unpaired) electrons. The number of hydrogen-bond acceptors (Lipinski definition) is 4. The minimum Gasteiger partial charge on any atom is -0.480 e. The number of nitrogens with one attached hydrogen (secondary N) is 1. The number of aliphatic carboxylic acids is 1. The maximum atomic E-state index is 11.8. The number of carboxylic acid groups (broad SMARTS) is 1. The number of carboxylic acids is 1. The molecule has 3 atom stereocenters. The van der Waals surface area contributed by atoms with Gasteiger partial charge in [0.25, 0.3) is 0 Å². The Hall–Kier alpha value is -1.92. The highest BCUT2D eigenvalue weighted by Crippen LogP contribution is 2.09. The van der Waals surface area contributed by atoms with Gasteiger partial charge in [0, 0.05) is 12.5 Å². The maximum Gasteiger partial charge on any atom is 0.326 e. The van der Waals surface area contributed by atoms with Crippen LogP contribution < -0.4 is 11.1 Å². The summed E-state index contributed by atoms with van der Waals surface area (Å²) in [6.07, 6.45) is -0.0547. The van der Waals surface area contributed by atoms with Crippen molar-refractivity contribution in [3.8, 4) is 0 Å². The predicted molar refractivity (Wildman–Crippen MR) is 87.8 cm³/mol. The summed E-state index contributed by atoms with van der Waals surface area (Å²) >= 11 is 0. The zero-order valence-electron chi connectivity index (χ0n) is 13.6. The Kier molecular flexibility index (Phi) is 7.71. The van der Waals surface area contributed by atoms with Gasteiger partial charge in [-0.2, -0.15) is 0 Å². The first-order chi connectivity index (χ1) is 10.8. The van der Waals surface area contributed by atoms with E-state index in [1.807, 2.05) is 30.3 Å². The fourth-order valence-corrected chi connectivity index (χ4v) is 2.27. The van der Waals surface area contributed by atoms with E-state index in [0.717, 1.165) is 5.56 Å². The van der Waals surface area contributed by atoms with Crippen molar-refractivity contribution in [2.45, 2.75) is 51.3 Å². The van der Waals surface area contributed by atoms with Crippen LogP contribution in [0.2, 0.25) is 0 Å². The van der Waals surface area contributed by atoms with Crippen LogP contribution in [-0.4, -0.2) is 40.3 Å². The van der Waals surface area contributed by atoms with Gasteiger partial charge in [0.15, 0.2) is 0 Å². The van der Waals surface area contributed by atoms with Gasteiger partial charge in [-0.15, -0.1) is 0 Å². The fourth-order valence-electron chi connectivity index (χ4n) is 2.27. The van der Waals surface area contributed by atoms with Gasteiger partial charge in [0.05, 0.1) is 6.10 Å². The molecule has 6 nitrogen and oxygen atoms in total. The highest BCUT2D eigenvalue weighted by Gasteiger charge is 2.24. The molecular formula is C17H26N2O4. The van der Waals surface area contributed by atoms with Gasteiger partial charge < -0.3 is 21.3 Å². The first kappa shape index (κ1) is 19.1. The third kappa shape index (κ3) is 6.80. The van der Waals surface area contributed by atoms with Crippen LogP contribution in [0.3, 0.4) is 0 Å². The van der Waals surface area contributed by atoms with E-state index in [-0.39, 0.29) is 18.8 Å². The quantitative estimate of drug-likeness (QED) is 0.540. The molecule has 0 spiro atoms. The fraction of sp³-hybridized carbons (Fsp3) is 0.529. The lowest BCUT2D eigenvalue weighted by atomic mass is 9.98. The number of nitrogens with two attached hydrogens (primary N) is 1. The van der Waals surface area contributed by atoms with Gasteiger partial charge in [0.1, 0.15) is 6.04 Å². The summed E-state index contributed by atoms with van der Waals surface area (Å²) < 4.78 is 0. The second-order valence-corrected chi connectivity index (χ2v) is 6.09. The molecule has 0 aliphatic rings. The van der Waals surface area contributed by atoms with Gasteiger partial charge in [-0.3, -0.25) is 4.79 Å². The van der Waals surface area contributed by atoms with Crippen molar-refractivity contribution in [2.24, 2.45) is 11.7 Å². The van der Waals surface area contributed by atoms with E-state index >= 15 is 0 Å². The molecule has 0 fully saturated rings. The standard InChI is InChI=1S/C17H26N2O4/c1-11(2)16(17(22)23)19-15(21)9-8-14(20)13(18)10-12-6-4-3-5-7-12/h3-7,11,13-14,16,20H,8-10,18H2,1-2H3,(H,19,21)(H,22,23)/t13-,14?,16?/m0/s1. The van der Waals surface area contributed by atoms with E-state index in [1.165, 1.54) is 0 Å². The first-order valence-corrected chi connectivity index (χ1v) is 7.81. The monoisotopic (exact) mass is 322 g/mol. The maximum absolute atomic E-state index is 11.8. The molecule has 0 saturated carbocycles. The molecule has 0 bridgehead atoms. The van der Waals surface area contributed by atoms with E-state index in [2.05, 4.69) is 5.32 Å². The van der Waals surface area contributed by atoms with Crippen LogP contribution in [0.1, 0.15) is 32.3 Å². The lowest BCUT2D eigenvalue weighted by molar-refractivity contribution is -0.143. The van der Waals surface area contributed by atoms with Gasteiger partial charge in [-0.25, -0.2) is 4.79 Å². The van der Waals surface area contributed by atoms with Gasteiger partial charge in [-0.05, 0) is 24.3 Å². The smallest absolute Gasteiger partial charge is 0.326 e. The van der Waals surface area contributed by atoms with Crippen LogP contribution in [-0.2, 0) is 16.0 Å². The van der Waals surface area contributed by atoms with Crippen molar-refractivity contribution in [1.82, 2.24) is 5.32 Å². The Morgan fingerprint density at radius 1 is 1.22 bits per heavy atom. The molecule has 1 aromatic rings. The predicted octanol–water partition coefficient (Wildman–Crippen LogP) is 0.923. The summed E-state index contributed by atoms with van der Waals surface area (Å²) in [6, 6.07) is 8.19. The minimum absolute atomic E-state index is 0.0418. The summed E-state index contributed by atoms with van der Waals surface area (Å²) in [5.74, 6) is -1.66. The molecule has 0 aliphatic heterocycles. The SMILES string of the molecule is CC(C)C(NC(=O)CCC(O)[C@@H](N)Cc1ccccc1)C(=O)O. The molecule has 0 aromatic heterocycles. The van der Waals surface area contributed by atoms with Crippen molar-refractivity contribution in [2.75, 3.05) is 0 Å². The summed E-state index contributed by atoms with van der Waals surface area (Å²) in [5, 5.41) is 21.6. The molecule has 2 unspecified atom stereocenters. The molecule has 1 aromatic carbocycles. The molecular weight excluding hydrogens is 296 g/mol. The van der Waals surface area contributed by atoms with Crippen molar-refractivity contribution in [3.63, 3.8) is 0 Å². The number of hydrogen-bond donors (Lipinski definition) is 4. The van der Waals surface area contributed by atoms with E-state index in [0.29, 0.717) is 6.42 Å². The number of benzene rings is 1. The van der Waals surface area contributed by atoms with Crippen molar-refractivity contribution >= 4 is 11.9 Å². The minimum atomic E-state index is -1.06. The van der Waals surface area contributed by atoms with E-state index in [1.54, 1.807) is 13.8 Å². The van der Waals surface area contributed by atoms with E-state index in [4.69, 9.17) is 10.8 Å². The van der Waals surface area contributed by atoms with Crippen LogP contribution in [0.4, 0.5) is 0 Å². The Morgan fingerprint density at radius 2 is 1.83 bits per heavy atom. The molecule has 5 N–H and O–H groups in total. The van der Waals surface area contributed by atoms with Crippen molar-refractivity contribution < 1.29 is 19.8 Å². The summed E-state index contributed by atoms with van der Waals surface area (Å²) in [6.45, 7) is 3.45.